The molecule has 264 valence electrons. The van der Waals surface area contributed by atoms with Crippen molar-refractivity contribution in [2.45, 2.75) is 83.0 Å². The van der Waals surface area contributed by atoms with E-state index in [0.717, 1.165) is 0 Å². The van der Waals surface area contributed by atoms with E-state index in [1.165, 1.54) is 0 Å². The van der Waals surface area contributed by atoms with Crippen LogP contribution in [0.5, 0.6) is 0 Å². The summed E-state index contributed by atoms with van der Waals surface area (Å²) in [6.45, 7) is 5.15. The zero-order valence-electron chi connectivity index (χ0n) is 26.0. The van der Waals surface area contributed by atoms with Crippen LogP contribution < -0.4 is 57.3 Å². The van der Waals surface area contributed by atoms with E-state index in [4.69, 9.17) is 77.8 Å². The summed E-state index contributed by atoms with van der Waals surface area (Å²) in [6, 6.07) is -3.15. The average Bonchev–Trinajstić information content (AvgIpc) is 2.91. The molecule has 0 radical (unpaired) electrons. The van der Waals surface area contributed by atoms with E-state index in [-0.39, 0.29) is 17.9 Å². The minimum absolute atomic E-state index is 0.0129. The first kappa shape index (κ1) is 47.5. The first-order valence-electron chi connectivity index (χ1n) is 13.7. The summed E-state index contributed by atoms with van der Waals surface area (Å²) in [5.74, 6) is -3.52. The lowest BCUT2D eigenvalue weighted by molar-refractivity contribution is -0.139. The molecule has 45 heavy (non-hydrogen) atoms. The molecule has 0 saturated heterocycles. The molecule has 4 atom stereocenters. The van der Waals surface area contributed by atoms with Crippen LogP contribution in [0.1, 0.15) is 58.8 Å². The molecule has 0 aromatic heterocycles. The summed E-state index contributed by atoms with van der Waals surface area (Å²) >= 11 is 0. The molecule has 0 bridgehead atoms. The molecule has 21 nitrogen and oxygen atoms in total. The van der Waals surface area contributed by atoms with E-state index in [2.05, 4.69) is 15.0 Å². The molecule has 24 N–H and O–H groups in total. The lowest BCUT2D eigenvalue weighted by atomic mass is 10.1. The minimum Gasteiger partial charge on any atom is -0.480 e. The molecule has 0 saturated carbocycles. The normalized spacial score (nSPS) is 12.4. The molecule has 0 heterocycles. The van der Waals surface area contributed by atoms with Crippen molar-refractivity contribution < 1.29 is 39.6 Å². The summed E-state index contributed by atoms with van der Waals surface area (Å²) in [5, 5.41) is 33.4. The Morgan fingerprint density at radius 1 is 0.489 bits per heavy atom. The maximum Gasteiger partial charge on any atom is 0.320 e. The average molecular weight is 654 g/mol. The van der Waals surface area contributed by atoms with E-state index in [0.29, 0.717) is 70.5 Å². The molecule has 0 aromatic rings. The predicted octanol–water partition coefficient (Wildman–Crippen LogP) is -4.20. The molecule has 21 heteroatoms. The van der Waals surface area contributed by atoms with Gasteiger partial charge in [0, 0.05) is 19.6 Å². The van der Waals surface area contributed by atoms with Crippen LogP contribution in [0.25, 0.3) is 0 Å². The minimum atomic E-state index is -1.00. The molecule has 0 rings (SSSR count). The number of aliphatic carboxylic acids is 4. The second kappa shape index (κ2) is 29.6. The Morgan fingerprint density at radius 2 is 0.711 bits per heavy atom. The maximum atomic E-state index is 10.2. The number of nitrogens with zero attached hydrogens (tertiary/aromatic N) is 3. The maximum absolute atomic E-state index is 10.2. The Kier molecular flexibility index (Phi) is 31.2. The van der Waals surface area contributed by atoms with Crippen molar-refractivity contribution in [3.8, 4) is 0 Å². The van der Waals surface area contributed by atoms with Crippen molar-refractivity contribution in [2.24, 2.45) is 78.2 Å². The topological polar surface area (TPSA) is 446 Å². The quantitative estimate of drug-likeness (QED) is 0.0378. The lowest BCUT2D eigenvalue weighted by Crippen LogP contribution is -2.31. The fourth-order valence-electron chi connectivity index (χ4n) is 2.54. The second-order valence-corrected chi connectivity index (χ2v) is 9.75. The van der Waals surface area contributed by atoms with Gasteiger partial charge in [-0.2, -0.15) is 0 Å². The number of nitrogens with two attached hydrogens (primary N) is 10. The van der Waals surface area contributed by atoms with Gasteiger partial charge in [-0.3, -0.25) is 34.2 Å². The van der Waals surface area contributed by atoms with E-state index in [1.54, 1.807) is 0 Å². The van der Waals surface area contributed by atoms with Crippen LogP contribution in [0, 0.1) is 5.92 Å². The largest absolute Gasteiger partial charge is 0.480 e. The summed E-state index contributed by atoms with van der Waals surface area (Å²) in [4.78, 5) is 51.8. The first-order chi connectivity index (χ1) is 20.6. The van der Waals surface area contributed by atoms with E-state index in [1.807, 2.05) is 13.8 Å². The van der Waals surface area contributed by atoms with Crippen LogP contribution in [0.4, 0.5) is 0 Å². The van der Waals surface area contributed by atoms with E-state index < -0.39 is 48.0 Å². The van der Waals surface area contributed by atoms with Crippen LogP contribution in [0.15, 0.2) is 15.0 Å². The van der Waals surface area contributed by atoms with Gasteiger partial charge in [-0.05, 0) is 50.9 Å². The number of carboxylic acid groups (broad SMARTS) is 4. The number of guanidine groups is 3. The molecule has 0 aliphatic carbocycles. The van der Waals surface area contributed by atoms with E-state index in [9.17, 15) is 19.2 Å². The van der Waals surface area contributed by atoms with Gasteiger partial charge in [-0.25, -0.2) is 0 Å². The Morgan fingerprint density at radius 3 is 0.844 bits per heavy atom. The zero-order valence-corrected chi connectivity index (χ0v) is 26.0. The van der Waals surface area contributed by atoms with Crippen molar-refractivity contribution in [2.75, 3.05) is 19.6 Å². The monoisotopic (exact) mass is 653 g/mol. The number of rotatable bonds is 18. The summed E-state index contributed by atoms with van der Waals surface area (Å²) < 4.78 is 0. The highest BCUT2D eigenvalue weighted by Gasteiger charge is 2.12. The molecule has 0 amide bonds. The molecule has 0 aliphatic rings. The van der Waals surface area contributed by atoms with Crippen LogP contribution >= 0.6 is 0 Å². The van der Waals surface area contributed by atoms with Crippen LogP contribution in [-0.2, 0) is 19.2 Å². The number of hydrogen-bond acceptors (Lipinski definition) is 11. The highest BCUT2D eigenvalue weighted by Crippen LogP contribution is 2.01. The van der Waals surface area contributed by atoms with Gasteiger partial charge in [0.05, 0.1) is 0 Å². The Labute approximate surface area is 262 Å². The molecule has 0 aliphatic heterocycles. The van der Waals surface area contributed by atoms with Gasteiger partial charge in [0.2, 0.25) is 0 Å². The van der Waals surface area contributed by atoms with Gasteiger partial charge in [-0.1, -0.05) is 13.8 Å². The smallest absolute Gasteiger partial charge is 0.320 e. The summed E-state index contributed by atoms with van der Waals surface area (Å²) in [5.41, 5.74) is 51.2. The third kappa shape index (κ3) is 41.7. The summed E-state index contributed by atoms with van der Waals surface area (Å²) in [7, 11) is 0. The SMILES string of the molecule is CC(C)C[C@H](N)C(=O)O.NC(N)=NCCC[C@H](N)C(=O)O.NC(N)=NCCC[C@H](N)C(=O)O.NC(N)=NCCC[C@H](N)C(=O)O. The first-order valence-corrected chi connectivity index (χ1v) is 13.7. The number of aliphatic imine (C=N–C) groups is 3. The standard InChI is InChI=1S/3C6H14N4O2.C6H13NO2/c3*7-4(5(11)12)2-1-3-10-6(8)9;1-4(2)3-5(7)6(8)9/h3*4H,1-3,7H2,(H,11,12)(H4,8,9,10);4-5H,3,7H2,1-2H3,(H,8,9)/t3*4-;5-/m0000/s1. The molecule has 0 spiro atoms. The van der Waals surface area contributed by atoms with Crippen molar-refractivity contribution in [1.82, 2.24) is 0 Å². The van der Waals surface area contributed by atoms with Gasteiger partial charge in [0.15, 0.2) is 17.9 Å². The third-order valence-electron chi connectivity index (χ3n) is 4.90. The summed E-state index contributed by atoms with van der Waals surface area (Å²) in [6.07, 6.45) is 3.42. The lowest BCUT2D eigenvalue weighted by Gasteiger charge is -2.07. The Balaban J connectivity index is -0.000000251. The highest BCUT2D eigenvalue weighted by molar-refractivity contribution is 5.76. The van der Waals surface area contributed by atoms with Crippen LogP contribution in [0.3, 0.4) is 0 Å². The van der Waals surface area contributed by atoms with E-state index >= 15 is 0 Å². The zero-order chi connectivity index (χ0) is 36.1. The molecule has 0 unspecified atom stereocenters. The third-order valence-corrected chi connectivity index (χ3v) is 4.90. The number of carbonyl (C=O) groups is 4. The van der Waals surface area contributed by atoms with Crippen LogP contribution in [0.2, 0.25) is 0 Å². The fraction of sp³-hybridized carbons (Fsp3) is 0.708. The van der Waals surface area contributed by atoms with Gasteiger partial charge < -0.3 is 77.8 Å². The molecule has 0 aromatic carbocycles. The fourth-order valence-corrected chi connectivity index (χ4v) is 2.54. The van der Waals surface area contributed by atoms with Crippen molar-refractivity contribution in [3.63, 3.8) is 0 Å². The van der Waals surface area contributed by atoms with Gasteiger partial charge in [0.1, 0.15) is 24.2 Å². The molecular formula is C24H55N13O8. The Hall–Kier alpha value is -4.47. The van der Waals surface area contributed by atoms with Gasteiger partial charge >= 0.3 is 23.9 Å². The van der Waals surface area contributed by atoms with Crippen molar-refractivity contribution in [1.29, 1.82) is 0 Å². The highest BCUT2D eigenvalue weighted by atomic mass is 16.4. The molecule has 0 fully saturated rings. The van der Waals surface area contributed by atoms with Crippen LogP contribution in [-0.4, -0.2) is 106 Å². The van der Waals surface area contributed by atoms with Gasteiger partial charge in [-0.15, -0.1) is 0 Å². The van der Waals surface area contributed by atoms with Gasteiger partial charge in [0.25, 0.3) is 0 Å². The number of carboxylic acids is 4. The second-order valence-electron chi connectivity index (χ2n) is 9.75. The van der Waals surface area contributed by atoms with Crippen molar-refractivity contribution in [3.05, 3.63) is 0 Å². The predicted molar refractivity (Wildman–Crippen MR) is 172 cm³/mol. The number of hydrogen-bond donors (Lipinski definition) is 14. The molecular weight excluding hydrogens is 598 g/mol. The van der Waals surface area contributed by atoms with Crippen molar-refractivity contribution >= 4 is 41.8 Å². The Bertz CT molecular complexity index is 826.